The van der Waals surface area contributed by atoms with Gasteiger partial charge in [-0.2, -0.15) is 0 Å². The van der Waals surface area contributed by atoms with E-state index >= 15 is 0 Å². The van der Waals surface area contributed by atoms with Crippen LogP contribution < -0.4 is 4.57 Å². The predicted octanol–water partition coefficient (Wildman–Crippen LogP) is 5.09. The lowest BCUT2D eigenvalue weighted by molar-refractivity contribution is -0.697. The van der Waals surface area contributed by atoms with E-state index in [-0.39, 0.29) is 0 Å². The molecule has 0 bridgehead atoms. The predicted molar refractivity (Wildman–Crippen MR) is 83.3 cm³/mol. The maximum atomic E-state index is 2.37. The molecule has 1 heterocycles. The van der Waals surface area contributed by atoms with Crippen molar-refractivity contribution in [2.75, 3.05) is 0 Å². The fraction of sp³-hybridized carbons (Fsp3) is 0.722. The van der Waals surface area contributed by atoms with Crippen molar-refractivity contribution >= 4 is 0 Å². The van der Waals surface area contributed by atoms with Crippen LogP contribution in [0.2, 0.25) is 0 Å². The van der Waals surface area contributed by atoms with Crippen molar-refractivity contribution in [2.24, 2.45) is 5.92 Å². The molecular weight excluding hydrogens is 230 g/mol. The lowest BCUT2D eigenvalue weighted by Crippen LogP contribution is -2.33. The van der Waals surface area contributed by atoms with Crippen molar-refractivity contribution in [3.8, 4) is 0 Å². The molecule has 0 N–H and O–H groups in total. The molecule has 0 aliphatic carbocycles. The quantitative estimate of drug-likeness (QED) is 0.431. The summed E-state index contributed by atoms with van der Waals surface area (Å²) in [5, 5.41) is 0. The first kappa shape index (κ1) is 16.2. The van der Waals surface area contributed by atoms with Crippen LogP contribution in [0.3, 0.4) is 0 Å². The van der Waals surface area contributed by atoms with E-state index < -0.39 is 0 Å². The van der Waals surface area contributed by atoms with Gasteiger partial charge < -0.3 is 0 Å². The molecule has 1 atom stereocenters. The van der Waals surface area contributed by atoms with Crippen molar-refractivity contribution in [3.05, 3.63) is 30.1 Å². The molecule has 0 saturated carbocycles. The Morgan fingerprint density at radius 1 is 1.00 bits per heavy atom. The third-order valence-electron chi connectivity index (χ3n) is 4.18. The molecule has 0 radical (unpaired) electrons. The molecule has 19 heavy (non-hydrogen) atoms. The highest BCUT2D eigenvalue weighted by Gasteiger charge is 2.13. The summed E-state index contributed by atoms with van der Waals surface area (Å²) in [6, 6.07) is 4.47. The van der Waals surface area contributed by atoms with Gasteiger partial charge in [-0.05, 0) is 24.3 Å². The van der Waals surface area contributed by atoms with Crippen LogP contribution in [0, 0.1) is 5.92 Å². The normalized spacial score (nSPS) is 12.9. The number of rotatable bonds is 9. The Balaban J connectivity index is 2.36. The van der Waals surface area contributed by atoms with Gasteiger partial charge in [0.2, 0.25) is 0 Å². The molecule has 0 fully saturated rings. The van der Waals surface area contributed by atoms with Crippen molar-refractivity contribution in [3.63, 3.8) is 0 Å². The molecular formula is C18H32N+. The van der Waals surface area contributed by atoms with Crippen molar-refractivity contribution in [1.29, 1.82) is 0 Å². The summed E-state index contributed by atoms with van der Waals surface area (Å²) in [5.74, 6) is 1.36. The van der Waals surface area contributed by atoms with E-state index in [1.54, 1.807) is 0 Å². The Labute approximate surface area is 120 Å². The van der Waals surface area contributed by atoms with E-state index in [9.17, 15) is 0 Å². The number of hydrogen-bond acceptors (Lipinski definition) is 0. The van der Waals surface area contributed by atoms with Crippen LogP contribution in [0.15, 0.2) is 24.5 Å². The lowest BCUT2D eigenvalue weighted by atomic mass is 9.91. The Morgan fingerprint density at radius 3 is 2.37 bits per heavy atom. The van der Waals surface area contributed by atoms with E-state index in [1.807, 2.05) is 0 Å². The van der Waals surface area contributed by atoms with Gasteiger partial charge in [0.1, 0.15) is 6.54 Å². The molecule has 0 spiro atoms. The standard InChI is InChI=1S/C18H32N/c1-5-6-7-8-9-10-13-19-14-11-12-18(15-19)17(4)16(2)3/h11-12,14-17H,5-10,13H2,1-4H3/q+1. The highest BCUT2D eigenvalue weighted by molar-refractivity contribution is 5.11. The maximum absolute atomic E-state index is 2.37. The largest absolute Gasteiger partial charge is 0.205 e. The van der Waals surface area contributed by atoms with Gasteiger partial charge in [0.15, 0.2) is 12.4 Å². The summed E-state index contributed by atoms with van der Waals surface area (Å²) in [6.45, 7) is 10.4. The Kier molecular flexibility index (Phi) is 7.78. The summed E-state index contributed by atoms with van der Waals surface area (Å²) >= 11 is 0. The number of pyridine rings is 1. The minimum atomic E-state index is 0.650. The smallest absolute Gasteiger partial charge is 0.172 e. The van der Waals surface area contributed by atoms with Crippen LogP contribution in [0.1, 0.15) is 77.7 Å². The number of aryl methyl sites for hydroxylation is 1. The summed E-state index contributed by atoms with van der Waals surface area (Å²) in [5.41, 5.74) is 1.48. The van der Waals surface area contributed by atoms with Gasteiger partial charge in [-0.3, -0.25) is 0 Å². The minimum Gasteiger partial charge on any atom is -0.205 e. The molecule has 0 saturated heterocycles. The van der Waals surface area contributed by atoms with Gasteiger partial charge >= 0.3 is 0 Å². The summed E-state index contributed by atoms with van der Waals surface area (Å²) in [6.07, 6.45) is 12.8. The topological polar surface area (TPSA) is 3.88 Å². The zero-order chi connectivity index (χ0) is 14.1. The van der Waals surface area contributed by atoms with Crippen LogP contribution in [0.5, 0.6) is 0 Å². The minimum absolute atomic E-state index is 0.650. The summed E-state index contributed by atoms with van der Waals surface area (Å²) in [4.78, 5) is 0. The van der Waals surface area contributed by atoms with Gasteiger partial charge in [0.05, 0.1) is 0 Å². The Morgan fingerprint density at radius 2 is 1.68 bits per heavy atom. The lowest BCUT2D eigenvalue weighted by Gasteiger charge is -2.14. The van der Waals surface area contributed by atoms with Crippen LogP contribution in [-0.4, -0.2) is 0 Å². The number of nitrogens with zero attached hydrogens (tertiary/aromatic N) is 1. The Hall–Kier alpha value is -0.850. The second kappa shape index (κ2) is 9.12. The van der Waals surface area contributed by atoms with Gasteiger partial charge in [-0.25, -0.2) is 4.57 Å². The highest BCUT2D eigenvalue weighted by atomic mass is 14.9. The van der Waals surface area contributed by atoms with Gasteiger partial charge in [-0.15, -0.1) is 0 Å². The molecule has 1 nitrogen and oxygen atoms in total. The molecule has 0 amide bonds. The maximum Gasteiger partial charge on any atom is 0.172 e. The highest BCUT2D eigenvalue weighted by Crippen LogP contribution is 2.21. The molecule has 108 valence electrons. The van der Waals surface area contributed by atoms with E-state index in [4.69, 9.17) is 0 Å². The fourth-order valence-corrected chi connectivity index (χ4v) is 2.41. The average molecular weight is 262 g/mol. The van der Waals surface area contributed by atoms with E-state index in [0.29, 0.717) is 11.8 Å². The fourth-order valence-electron chi connectivity index (χ4n) is 2.41. The first-order valence-corrected chi connectivity index (χ1v) is 8.14. The van der Waals surface area contributed by atoms with E-state index in [2.05, 4.69) is 56.8 Å². The number of hydrogen-bond donors (Lipinski definition) is 0. The molecule has 1 aromatic heterocycles. The van der Waals surface area contributed by atoms with Crippen LogP contribution in [0.25, 0.3) is 0 Å². The second-order valence-corrected chi connectivity index (χ2v) is 6.18. The molecule has 1 rings (SSSR count). The molecule has 0 aliphatic rings. The van der Waals surface area contributed by atoms with Gasteiger partial charge in [0, 0.05) is 18.1 Å². The van der Waals surface area contributed by atoms with Crippen LogP contribution >= 0.6 is 0 Å². The second-order valence-electron chi connectivity index (χ2n) is 6.18. The van der Waals surface area contributed by atoms with E-state index in [0.717, 1.165) is 0 Å². The first-order chi connectivity index (χ1) is 9.15. The number of aromatic nitrogens is 1. The van der Waals surface area contributed by atoms with Crippen molar-refractivity contribution in [2.45, 2.75) is 78.7 Å². The molecule has 1 unspecified atom stereocenters. The molecule has 1 heteroatoms. The van der Waals surface area contributed by atoms with Crippen LogP contribution in [0.4, 0.5) is 0 Å². The molecule has 0 aromatic carbocycles. The molecule has 0 aliphatic heterocycles. The van der Waals surface area contributed by atoms with E-state index in [1.165, 1.54) is 50.6 Å². The van der Waals surface area contributed by atoms with Crippen LogP contribution in [-0.2, 0) is 6.54 Å². The van der Waals surface area contributed by atoms with Gasteiger partial charge in [-0.1, -0.05) is 53.4 Å². The van der Waals surface area contributed by atoms with Crippen molar-refractivity contribution < 1.29 is 4.57 Å². The first-order valence-electron chi connectivity index (χ1n) is 8.14. The third-order valence-corrected chi connectivity index (χ3v) is 4.18. The zero-order valence-electron chi connectivity index (χ0n) is 13.4. The monoisotopic (exact) mass is 262 g/mol. The number of unbranched alkanes of at least 4 members (excludes halogenated alkanes) is 5. The molecule has 1 aromatic rings. The summed E-state index contributed by atoms with van der Waals surface area (Å²) < 4.78 is 2.37. The zero-order valence-corrected chi connectivity index (χ0v) is 13.4. The Bertz CT molecular complexity index is 343. The SMILES string of the molecule is CCCCCCCC[n+]1cccc(C(C)C(C)C)c1. The summed E-state index contributed by atoms with van der Waals surface area (Å²) in [7, 11) is 0. The third kappa shape index (κ3) is 6.22. The average Bonchev–Trinajstić information content (AvgIpc) is 2.42. The van der Waals surface area contributed by atoms with Crippen molar-refractivity contribution in [1.82, 2.24) is 0 Å². The van der Waals surface area contributed by atoms with Gasteiger partial charge in [0.25, 0.3) is 0 Å².